The van der Waals surface area contributed by atoms with Gasteiger partial charge in [0.1, 0.15) is 0 Å². The maximum absolute atomic E-state index is 5.43. The van der Waals surface area contributed by atoms with Gasteiger partial charge >= 0.3 is 0 Å². The van der Waals surface area contributed by atoms with Gasteiger partial charge in [0.2, 0.25) is 0 Å². The first kappa shape index (κ1) is 13.6. The van der Waals surface area contributed by atoms with E-state index in [1.165, 1.54) is 0 Å². The molecule has 0 bridgehead atoms. The maximum Gasteiger partial charge on any atom is 0.180 e. The number of nitrogens with one attached hydrogen (secondary N) is 2. The number of anilines is 2. The van der Waals surface area contributed by atoms with E-state index in [1.54, 1.807) is 19.5 Å². The fourth-order valence-electron chi connectivity index (χ4n) is 1.85. The van der Waals surface area contributed by atoms with Crippen LogP contribution in [0.4, 0.5) is 11.6 Å². The second-order valence-corrected chi connectivity index (χ2v) is 4.73. The molecule has 104 valence electrons. The van der Waals surface area contributed by atoms with Gasteiger partial charge in [0, 0.05) is 19.5 Å². The van der Waals surface area contributed by atoms with Gasteiger partial charge in [-0.25, -0.2) is 15.8 Å². The Kier molecular flexibility index (Phi) is 4.18. The molecule has 0 fully saturated rings. The van der Waals surface area contributed by atoms with E-state index in [4.69, 9.17) is 10.6 Å². The monoisotopic (exact) mass is 264 g/mol. The van der Waals surface area contributed by atoms with Gasteiger partial charge in [-0.2, -0.15) is 0 Å². The molecular weight excluding hydrogens is 244 g/mol. The molecule has 0 radical (unpaired) electrons. The van der Waals surface area contributed by atoms with Crippen molar-refractivity contribution in [1.82, 2.24) is 14.4 Å². The number of nitrogen functional groups attached to an aromatic ring is 1. The number of hydrogen-bond donors (Lipinski definition) is 3. The maximum atomic E-state index is 5.43. The summed E-state index contributed by atoms with van der Waals surface area (Å²) in [6.45, 7) is 4.86. The van der Waals surface area contributed by atoms with Crippen molar-refractivity contribution in [3.8, 4) is 0 Å². The first-order chi connectivity index (χ1) is 9.15. The number of ether oxygens (including phenoxy) is 1. The van der Waals surface area contributed by atoms with E-state index in [-0.39, 0.29) is 6.04 Å². The van der Waals surface area contributed by atoms with Gasteiger partial charge in [-0.15, -0.1) is 0 Å². The number of hydrogen-bond acceptors (Lipinski definition) is 6. The minimum absolute atomic E-state index is 0.158. The lowest BCUT2D eigenvalue weighted by molar-refractivity contribution is 0.171. The number of methoxy groups -OCH3 is 1. The van der Waals surface area contributed by atoms with Crippen molar-refractivity contribution >= 4 is 17.3 Å². The molecule has 19 heavy (non-hydrogen) atoms. The van der Waals surface area contributed by atoms with E-state index in [1.807, 2.05) is 10.6 Å². The molecule has 1 atom stereocenters. The summed E-state index contributed by atoms with van der Waals surface area (Å²) < 4.78 is 7.10. The zero-order valence-corrected chi connectivity index (χ0v) is 11.4. The van der Waals surface area contributed by atoms with Crippen molar-refractivity contribution < 1.29 is 4.74 Å². The third kappa shape index (κ3) is 2.94. The van der Waals surface area contributed by atoms with Crippen LogP contribution in [0.1, 0.15) is 13.8 Å². The molecule has 0 aliphatic rings. The smallest absolute Gasteiger partial charge is 0.180 e. The van der Waals surface area contributed by atoms with Gasteiger partial charge < -0.3 is 19.9 Å². The predicted octanol–water partition coefficient (Wildman–Crippen LogP) is 1.10. The molecule has 0 aromatic carbocycles. The fourth-order valence-corrected chi connectivity index (χ4v) is 1.85. The summed E-state index contributed by atoms with van der Waals surface area (Å²) in [5.74, 6) is 7.11. The molecule has 0 amide bonds. The quantitative estimate of drug-likeness (QED) is 0.535. The highest BCUT2D eigenvalue weighted by Gasteiger charge is 2.16. The summed E-state index contributed by atoms with van der Waals surface area (Å²) in [6.07, 6.45) is 5.36. The zero-order valence-electron chi connectivity index (χ0n) is 11.4. The zero-order chi connectivity index (χ0) is 13.8. The predicted molar refractivity (Wildman–Crippen MR) is 74.9 cm³/mol. The van der Waals surface area contributed by atoms with Crippen LogP contribution >= 0.6 is 0 Å². The average Bonchev–Trinajstić information content (AvgIpc) is 2.86. The molecule has 1 unspecified atom stereocenters. The van der Waals surface area contributed by atoms with Crippen molar-refractivity contribution in [1.29, 1.82) is 0 Å². The van der Waals surface area contributed by atoms with Crippen molar-refractivity contribution in [2.45, 2.75) is 19.9 Å². The summed E-state index contributed by atoms with van der Waals surface area (Å²) in [5.41, 5.74) is 3.32. The van der Waals surface area contributed by atoms with Crippen LogP contribution in [0.15, 0.2) is 18.6 Å². The molecule has 2 aromatic heterocycles. The Hall–Kier alpha value is -1.86. The topological polar surface area (TPSA) is 89.5 Å². The summed E-state index contributed by atoms with van der Waals surface area (Å²) >= 11 is 0. The average molecular weight is 264 g/mol. The molecule has 0 spiro atoms. The van der Waals surface area contributed by atoms with Crippen molar-refractivity contribution in [3.63, 3.8) is 0 Å². The molecule has 0 saturated carbocycles. The highest BCUT2D eigenvalue weighted by atomic mass is 16.5. The lowest BCUT2D eigenvalue weighted by atomic mass is 10.1. The molecule has 7 heteroatoms. The third-order valence-electron chi connectivity index (χ3n) is 3.00. The number of nitrogens with two attached hydrogens (primary N) is 1. The summed E-state index contributed by atoms with van der Waals surface area (Å²) in [5, 5.41) is 3.37. The highest BCUT2D eigenvalue weighted by Crippen LogP contribution is 2.18. The van der Waals surface area contributed by atoms with Gasteiger partial charge in [-0.05, 0) is 5.92 Å². The minimum Gasteiger partial charge on any atom is -0.383 e. The Labute approximate surface area is 112 Å². The van der Waals surface area contributed by atoms with Crippen LogP contribution in [0.5, 0.6) is 0 Å². The Morgan fingerprint density at radius 3 is 2.89 bits per heavy atom. The van der Waals surface area contributed by atoms with Crippen LogP contribution in [0.3, 0.4) is 0 Å². The van der Waals surface area contributed by atoms with Crippen molar-refractivity contribution in [3.05, 3.63) is 18.6 Å². The van der Waals surface area contributed by atoms with E-state index in [0.717, 1.165) is 5.65 Å². The van der Waals surface area contributed by atoms with Crippen LogP contribution in [0.2, 0.25) is 0 Å². The molecule has 2 aromatic rings. The fraction of sp³-hybridized carbons (Fsp3) is 0.500. The van der Waals surface area contributed by atoms with Crippen LogP contribution in [-0.2, 0) is 4.74 Å². The van der Waals surface area contributed by atoms with Gasteiger partial charge in [0.05, 0.1) is 18.8 Å². The standard InChI is InChI=1S/C12H20N6O/c1-8(2)9(7-19-3)15-11-12-14-4-5-18(12)6-10(16-11)17-13/h4-6,8-9,17H,7,13H2,1-3H3,(H,15,16). The molecule has 0 aliphatic carbocycles. The number of fused-ring (bicyclic) bond motifs is 1. The van der Waals surface area contributed by atoms with Crippen molar-refractivity contribution in [2.24, 2.45) is 11.8 Å². The Balaban J connectivity index is 2.34. The molecule has 0 saturated heterocycles. The molecule has 0 aliphatic heterocycles. The lowest BCUT2D eigenvalue weighted by Crippen LogP contribution is -2.31. The largest absolute Gasteiger partial charge is 0.383 e. The van der Waals surface area contributed by atoms with Gasteiger partial charge in [0.15, 0.2) is 17.3 Å². The summed E-state index contributed by atoms with van der Waals surface area (Å²) in [4.78, 5) is 8.71. The number of rotatable bonds is 6. The van der Waals surface area contributed by atoms with Crippen molar-refractivity contribution in [2.75, 3.05) is 24.5 Å². The SMILES string of the molecule is COCC(Nc1nc(NN)cn2ccnc12)C(C)C. The number of nitrogens with zero attached hydrogens (tertiary/aromatic N) is 3. The number of imidazole rings is 1. The Morgan fingerprint density at radius 2 is 2.26 bits per heavy atom. The van der Waals surface area contributed by atoms with E-state index in [9.17, 15) is 0 Å². The molecular formula is C12H20N6O. The van der Waals surface area contributed by atoms with Crippen LogP contribution < -0.4 is 16.6 Å². The van der Waals surface area contributed by atoms with Gasteiger partial charge in [0.25, 0.3) is 0 Å². The first-order valence-corrected chi connectivity index (χ1v) is 6.21. The van der Waals surface area contributed by atoms with E-state index >= 15 is 0 Å². The second kappa shape index (κ2) is 5.85. The third-order valence-corrected chi connectivity index (χ3v) is 3.00. The Bertz CT molecular complexity index is 538. The lowest BCUT2D eigenvalue weighted by Gasteiger charge is -2.22. The van der Waals surface area contributed by atoms with Crippen LogP contribution in [0.25, 0.3) is 5.65 Å². The van der Waals surface area contributed by atoms with Gasteiger partial charge in [-0.1, -0.05) is 13.8 Å². The Morgan fingerprint density at radius 1 is 1.47 bits per heavy atom. The minimum atomic E-state index is 0.158. The normalized spacial score (nSPS) is 12.9. The molecule has 4 N–H and O–H groups in total. The summed E-state index contributed by atoms with van der Waals surface area (Å²) in [7, 11) is 1.69. The van der Waals surface area contributed by atoms with Gasteiger partial charge in [-0.3, -0.25) is 0 Å². The molecule has 2 rings (SSSR count). The van der Waals surface area contributed by atoms with Crippen LogP contribution in [0, 0.1) is 5.92 Å². The summed E-state index contributed by atoms with van der Waals surface area (Å²) in [6, 6.07) is 0.158. The van der Waals surface area contributed by atoms with E-state index < -0.39 is 0 Å². The molecule has 7 nitrogen and oxygen atoms in total. The number of hydrazine groups is 1. The van der Waals surface area contributed by atoms with Crippen LogP contribution in [-0.4, -0.2) is 34.1 Å². The second-order valence-electron chi connectivity index (χ2n) is 4.73. The highest BCUT2D eigenvalue weighted by molar-refractivity contribution is 5.65. The van der Waals surface area contributed by atoms with E-state index in [0.29, 0.717) is 24.2 Å². The van der Waals surface area contributed by atoms with E-state index in [2.05, 4.69) is 34.6 Å². The number of aromatic nitrogens is 3. The first-order valence-electron chi connectivity index (χ1n) is 6.21. The molecule has 2 heterocycles.